The molecule has 0 amide bonds. The first-order valence-corrected chi connectivity index (χ1v) is 8.27. The zero-order chi connectivity index (χ0) is 14.9. The lowest BCUT2D eigenvalue weighted by atomic mass is 9.98. The monoisotopic (exact) mass is 325 g/mol. The van der Waals surface area contributed by atoms with Crippen molar-refractivity contribution in [2.45, 2.75) is 50.2 Å². The molecule has 1 atom stereocenters. The van der Waals surface area contributed by atoms with E-state index in [1.54, 1.807) is 6.07 Å². The van der Waals surface area contributed by atoms with Gasteiger partial charge in [-0.1, -0.05) is 42.7 Å². The Bertz CT molecular complexity index is 543. The maximum absolute atomic E-state index is 6.24. The zero-order valence-corrected chi connectivity index (χ0v) is 13.5. The topological polar surface area (TPSA) is 44.5 Å². The molecule has 1 aromatic rings. The lowest BCUT2D eigenvalue weighted by Crippen LogP contribution is -2.27. The molecule has 0 radical (unpaired) electrons. The Morgan fingerprint density at radius 3 is 2.86 bits per heavy atom. The van der Waals surface area contributed by atoms with Crippen LogP contribution in [0.3, 0.4) is 0 Å². The van der Waals surface area contributed by atoms with Crippen LogP contribution >= 0.6 is 23.8 Å². The normalized spacial score (nSPS) is 23.6. The van der Waals surface area contributed by atoms with Crippen molar-refractivity contribution in [1.82, 2.24) is 0 Å². The van der Waals surface area contributed by atoms with Crippen LogP contribution in [-0.2, 0) is 4.74 Å². The van der Waals surface area contributed by atoms with E-state index in [4.69, 9.17) is 39.0 Å². The van der Waals surface area contributed by atoms with E-state index in [2.05, 4.69) is 0 Å². The summed E-state index contributed by atoms with van der Waals surface area (Å²) >= 11 is 11.2. The van der Waals surface area contributed by atoms with Crippen LogP contribution in [-0.4, -0.2) is 23.3 Å². The molecule has 1 spiro atoms. The predicted octanol–water partition coefficient (Wildman–Crippen LogP) is 3.84. The minimum absolute atomic E-state index is 0.133. The van der Waals surface area contributed by atoms with Crippen LogP contribution in [0.5, 0.6) is 5.75 Å². The van der Waals surface area contributed by atoms with Crippen molar-refractivity contribution in [3.63, 3.8) is 0 Å². The van der Waals surface area contributed by atoms with E-state index in [1.165, 1.54) is 25.7 Å². The van der Waals surface area contributed by atoms with Gasteiger partial charge in [0, 0.05) is 0 Å². The van der Waals surface area contributed by atoms with Gasteiger partial charge in [-0.05, 0) is 37.8 Å². The fraction of sp³-hybridized carbons (Fsp3) is 0.562. The molecule has 1 saturated carbocycles. The molecule has 1 aliphatic heterocycles. The Morgan fingerprint density at radius 1 is 1.38 bits per heavy atom. The van der Waals surface area contributed by atoms with E-state index < -0.39 is 0 Å². The third-order valence-corrected chi connectivity index (χ3v) is 5.02. The van der Waals surface area contributed by atoms with Gasteiger partial charge in [0.25, 0.3) is 0 Å². The van der Waals surface area contributed by atoms with Gasteiger partial charge in [-0.15, -0.1) is 0 Å². The molecule has 1 saturated heterocycles. The van der Waals surface area contributed by atoms with Crippen molar-refractivity contribution in [2.24, 2.45) is 5.73 Å². The Morgan fingerprint density at radius 2 is 2.14 bits per heavy atom. The van der Waals surface area contributed by atoms with Crippen molar-refractivity contribution < 1.29 is 9.47 Å². The number of benzene rings is 1. The van der Waals surface area contributed by atoms with Gasteiger partial charge in [0.15, 0.2) is 0 Å². The van der Waals surface area contributed by atoms with Crippen molar-refractivity contribution in [1.29, 1.82) is 0 Å². The summed E-state index contributed by atoms with van der Waals surface area (Å²) in [7, 11) is 0. The molecule has 3 rings (SSSR count). The van der Waals surface area contributed by atoms with Gasteiger partial charge in [0.05, 0.1) is 22.3 Å². The zero-order valence-electron chi connectivity index (χ0n) is 11.9. The number of rotatable bonds is 4. The second kappa shape index (κ2) is 6.11. The number of thiocarbonyl (C=S) groups is 1. The molecule has 114 valence electrons. The van der Waals surface area contributed by atoms with Crippen LogP contribution in [0, 0.1) is 0 Å². The first-order chi connectivity index (χ1) is 10.1. The Kier molecular flexibility index (Phi) is 4.38. The average molecular weight is 326 g/mol. The fourth-order valence-corrected chi connectivity index (χ4v) is 3.98. The van der Waals surface area contributed by atoms with Gasteiger partial charge in [0.2, 0.25) is 0 Å². The Hall–Kier alpha value is -0.840. The van der Waals surface area contributed by atoms with Gasteiger partial charge in [-0.2, -0.15) is 0 Å². The summed E-state index contributed by atoms with van der Waals surface area (Å²) in [5, 5.41) is 0.527. The maximum Gasteiger partial charge on any atom is 0.131 e. The molecule has 3 nitrogen and oxygen atoms in total. The molecular weight excluding hydrogens is 306 g/mol. The molecular formula is C16H20ClNO2S. The standard InChI is InChI=1S/C16H20ClNO2S/c17-12-4-3-5-13(14(12)15(18)21)19-10-11-6-9-16(20-11)7-1-2-8-16/h3-5,11H,1-2,6-10H2,(H2,18,21). The Labute approximate surface area is 135 Å². The summed E-state index contributed by atoms with van der Waals surface area (Å²) in [6, 6.07) is 5.45. The molecule has 2 aliphatic rings. The van der Waals surface area contributed by atoms with Gasteiger partial charge < -0.3 is 15.2 Å². The van der Waals surface area contributed by atoms with Crippen molar-refractivity contribution in [3.05, 3.63) is 28.8 Å². The average Bonchev–Trinajstić information content (AvgIpc) is 3.07. The highest BCUT2D eigenvalue weighted by molar-refractivity contribution is 7.80. The first-order valence-electron chi connectivity index (χ1n) is 7.49. The van der Waals surface area contributed by atoms with E-state index >= 15 is 0 Å². The van der Waals surface area contributed by atoms with Gasteiger partial charge >= 0.3 is 0 Å². The number of hydrogen-bond donors (Lipinski definition) is 1. The van der Waals surface area contributed by atoms with Crippen LogP contribution in [0.2, 0.25) is 5.02 Å². The molecule has 1 heterocycles. The summed E-state index contributed by atoms with van der Waals surface area (Å²) in [5.74, 6) is 0.644. The summed E-state index contributed by atoms with van der Waals surface area (Å²) in [5.41, 5.74) is 6.48. The quantitative estimate of drug-likeness (QED) is 0.854. The van der Waals surface area contributed by atoms with E-state index in [9.17, 15) is 0 Å². The second-order valence-corrected chi connectivity index (χ2v) is 6.80. The molecule has 1 aromatic carbocycles. The highest BCUT2D eigenvalue weighted by atomic mass is 35.5. The summed E-state index contributed by atoms with van der Waals surface area (Å²) in [4.78, 5) is 0.259. The lowest BCUT2D eigenvalue weighted by Gasteiger charge is -2.24. The smallest absolute Gasteiger partial charge is 0.131 e. The first kappa shape index (κ1) is 15.1. The fourth-order valence-electron chi connectivity index (χ4n) is 3.45. The van der Waals surface area contributed by atoms with Crippen LogP contribution in [0.4, 0.5) is 0 Å². The second-order valence-electron chi connectivity index (χ2n) is 5.96. The van der Waals surface area contributed by atoms with Gasteiger partial charge in [-0.25, -0.2) is 0 Å². The molecule has 21 heavy (non-hydrogen) atoms. The highest BCUT2D eigenvalue weighted by Crippen LogP contribution is 2.43. The van der Waals surface area contributed by atoms with Crippen molar-refractivity contribution in [2.75, 3.05) is 6.61 Å². The molecule has 1 aliphatic carbocycles. The molecule has 2 N–H and O–H groups in total. The molecule has 0 aromatic heterocycles. The highest BCUT2D eigenvalue weighted by Gasteiger charge is 2.42. The van der Waals surface area contributed by atoms with Crippen molar-refractivity contribution >= 4 is 28.8 Å². The predicted molar refractivity (Wildman–Crippen MR) is 88.1 cm³/mol. The van der Waals surface area contributed by atoms with Gasteiger partial charge in [0.1, 0.15) is 17.3 Å². The largest absolute Gasteiger partial charge is 0.490 e. The molecule has 2 fully saturated rings. The SMILES string of the molecule is NC(=S)c1c(Cl)cccc1OCC1CCC2(CCCC2)O1. The minimum Gasteiger partial charge on any atom is -0.490 e. The number of halogens is 1. The third-order valence-electron chi connectivity index (χ3n) is 4.50. The number of hydrogen-bond acceptors (Lipinski definition) is 3. The molecule has 5 heteroatoms. The summed E-state index contributed by atoms with van der Waals surface area (Å²) in [6.45, 7) is 0.526. The van der Waals surface area contributed by atoms with E-state index in [0.29, 0.717) is 22.9 Å². The minimum atomic E-state index is 0.133. The van der Waals surface area contributed by atoms with Crippen LogP contribution in [0.25, 0.3) is 0 Å². The summed E-state index contributed by atoms with van der Waals surface area (Å²) in [6.07, 6.45) is 7.32. The molecule has 0 bridgehead atoms. The lowest BCUT2D eigenvalue weighted by molar-refractivity contribution is -0.0508. The molecule has 1 unspecified atom stereocenters. The Balaban J connectivity index is 1.64. The van der Waals surface area contributed by atoms with Crippen LogP contribution in [0.1, 0.15) is 44.1 Å². The van der Waals surface area contributed by atoms with Crippen molar-refractivity contribution in [3.8, 4) is 5.75 Å². The van der Waals surface area contributed by atoms with Gasteiger partial charge in [-0.3, -0.25) is 0 Å². The maximum atomic E-state index is 6.24. The van der Waals surface area contributed by atoms with E-state index in [0.717, 1.165) is 12.8 Å². The number of nitrogens with two attached hydrogens (primary N) is 1. The third kappa shape index (κ3) is 3.17. The van der Waals surface area contributed by atoms with E-state index in [-0.39, 0.29) is 16.7 Å². The van der Waals surface area contributed by atoms with Crippen LogP contribution in [0.15, 0.2) is 18.2 Å². The number of ether oxygens (including phenoxy) is 2. The van der Waals surface area contributed by atoms with Crippen LogP contribution < -0.4 is 10.5 Å². The summed E-state index contributed by atoms with van der Waals surface area (Å²) < 4.78 is 12.1. The van der Waals surface area contributed by atoms with E-state index in [1.807, 2.05) is 12.1 Å².